The average molecular weight is 688 g/mol. The van der Waals surface area contributed by atoms with Crippen LogP contribution in [0.3, 0.4) is 0 Å². The molecule has 1 saturated carbocycles. The Balaban J connectivity index is 1.08. The van der Waals surface area contributed by atoms with Gasteiger partial charge in [-0.3, -0.25) is 9.78 Å². The molecule has 252 valence electrons. The van der Waals surface area contributed by atoms with Crippen LogP contribution >= 0.6 is 11.6 Å². The molecule has 1 aliphatic heterocycles. The van der Waals surface area contributed by atoms with Gasteiger partial charge in [0.2, 0.25) is 5.88 Å². The number of aromatic carboxylic acids is 1. The first-order chi connectivity index (χ1) is 23.5. The summed E-state index contributed by atoms with van der Waals surface area (Å²) in [5, 5.41) is 12.8. The van der Waals surface area contributed by atoms with Gasteiger partial charge in [-0.25, -0.2) is 23.5 Å². The zero-order valence-electron chi connectivity index (χ0n) is 26.5. The van der Waals surface area contributed by atoms with Crippen LogP contribution < -0.4 is 10.1 Å². The number of ether oxygens (including phenoxy) is 2. The first kappa shape index (κ1) is 32.6. The topological polar surface area (TPSA) is 128 Å². The number of rotatable bonds is 11. The average Bonchev–Trinajstić information content (AvgIpc) is 3.38. The number of nitrogens with one attached hydrogen (secondary N) is 1. The lowest BCUT2D eigenvalue weighted by molar-refractivity contribution is -0.0589. The Bertz CT molecular complexity index is 2100. The molecule has 0 radical (unpaired) electrons. The van der Waals surface area contributed by atoms with Crippen molar-refractivity contribution in [3.05, 3.63) is 106 Å². The van der Waals surface area contributed by atoms with Crippen molar-refractivity contribution in [2.45, 2.75) is 63.8 Å². The molecular weight excluding hydrogens is 656 g/mol. The molecule has 0 spiro atoms. The number of amides is 1. The minimum absolute atomic E-state index is 0.0153. The summed E-state index contributed by atoms with van der Waals surface area (Å²) in [6, 6.07) is 13.1. The minimum atomic E-state index is -1.07. The fourth-order valence-corrected chi connectivity index (χ4v) is 6.23. The number of benzene rings is 2. The highest BCUT2D eigenvalue weighted by atomic mass is 35.5. The molecule has 2 fully saturated rings. The number of carbonyl (C=O) groups is 2. The van der Waals surface area contributed by atoms with Gasteiger partial charge >= 0.3 is 5.97 Å². The molecule has 0 unspecified atom stereocenters. The first-order valence-corrected chi connectivity index (χ1v) is 16.3. The van der Waals surface area contributed by atoms with Gasteiger partial charge in [0.25, 0.3) is 5.91 Å². The van der Waals surface area contributed by atoms with Gasteiger partial charge < -0.3 is 24.5 Å². The normalized spacial score (nSPS) is 16.5. The highest BCUT2D eigenvalue weighted by Crippen LogP contribution is 2.32. The summed E-state index contributed by atoms with van der Waals surface area (Å²) in [7, 11) is 0. The maximum Gasteiger partial charge on any atom is 0.335 e. The molecule has 1 amide bonds. The third kappa shape index (κ3) is 6.83. The van der Waals surface area contributed by atoms with E-state index in [1.165, 1.54) is 24.4 Å². The van der Waals surface area contributed by atoms with Gasteiger partial charge in [-0.1, -0.05) is 17.7 Å². The van der Waals surface area contributed by atoms with Crippen molar-refractivity contribution in [1.29, 1.82) is 0 Å². The number of fused-ring (bicyclic) bond motifs is 1. The van der Waals surface area contributed by atoms with Crippen molar-refractivity contribution in [3.63, 3.8) is 0 Å². The highest BCUT2D eigenvalue weighted by Gasteiger charge is 2.33. The predicted molar refractivity (Wildman–Crippen MR) is 177 cm³/mol. The van der Waals surface area contributed by atoms with E-state index < -0.39 is 17.6 Å². The molecule has 2 aliphatic rings. The Labute approximate surface area is 285 Å². The second-order valence-electron chi connectivity index (χ2n) is 12.7. The molecule has 3 aromatic heterocycles. The SMILES string of the molecule is CC1(NC(=O)c2cc(Cl)c(COc3cccc(-c4cc(F)c(Cc5nc6ccc(C(=O)O)cc6n5C[C@@H]5CCO5)cc4F)n3)cn2)CCC1. The maximum atomic E-state index is 15.6. The summed E-state index contributed by atoms with van der Waals surface area (Å²) in [4.78, 5) is 37.5. The quantitative estimate of drug-likeness (QED) is 0.156. The van der Waals surface area contributed by atoms with E-state index in [0.717, 1.165) is 37.8 Å². The summed E-state index contributed by atoms with van der Waals surface area (Å²) >= 11 is 6.44. The van der Waals surface area contributed by atoms with E-state index >= 15 is 8.78 Å². The van der Waals surface area contributed by atoms with Crippen LogP contribution in [-0.2, 0) is 24.3 Å². The minimum Gasteiger partial charge on any atom is -0.478 e. The number of pyridine rings is 2. The Morgan fingerprint density at radius 3 is 2.61 bits per heavy atom. The van der Waals surface area contributed by atoms with Gasteiger partial charge in [0.15, 0.2) is 0 Å². The van der Waals surface area contributed by atoms with Crippen LogP contribution in [0.1, 0.15) is 70.4 Å². The van der Waals surface area contributed by atoms with Crippen LogP contribution in [0.2, 0.25) is 5.02 Å². The molecule has 49 heavy (non-hydrogen) atoms. The lowest BCUT2D eigenvalue weighted by Gasteiger charge is -2.39. The van der Waals surface area contributed by atoms with Crippen molar-refractivity contribution in [2.24, 2.45) is 0 Å². The molecule has 13 heteroatoms. The second-order valence-corrected chi connectivity index (χ2v) is 13.1. The smallest absolute Gasteiger partial charge is 0.335 e. The molecule has 1 aliphatic carbocycles. The van der Waals surface area contributed by atoms with E-state index in [-0.39, 0.29) is 64.5 Å². The summed E-state index contributed by atoms with van der Waals surface area (Å²) < 4.78 is 44.4. The maximum absolute atomic E-state index is 15.6. The van der Waals surface area contributed by atoms with Crippen LogP contribution in [0, 0.1) is 11.6 Å². The molecule has 10 nitrogen and oxygen atoms in total. The van der Waals surface area contributed by atoms with Gasteiger partial charge in [0.05, 0.1) is 40.0 Å². The van der Waals surface area contributed by atoms with Crippen LogP contribution in [0.4, 0.5) is 8.78 Å². The zero-order valence-corrected chi connectivity index (χ0v) is 27.3. The number of carboxylic acid groups (broad SMARTS) is 1. The summed E-state index contributed by atoms with van der Waals surface area (Å²) in [6.07, 6.45) is 5.11. The molecule has 0 bridgehead atoms. The van der Waals surface area contributed by atoms with Crippen molar-refractivity contribution in [2.75, 3.05) is 6.61 Å². The van der Waals surface area contributed by atoms with E-state index in [0.29, 0.717) is 40.6 Å². The Hall–Kier alpha value is -4.94. The van der Waals surface area contributed by atoms with Gasteiger partial charge in [0.1, 0.15) is 29.8 Å². The summed E-state index contributed by atoms with van der Waals surface area (Å²) in [5.41, 5.74) is 1.95. The van der Waals surface area contributed by atoms with E-state index in [9.17, 15) is 14.7 Å². The summed E-state index contributed by atoms with van der Waals surface area (Å²) in [6.45, 7) is 3.03. The van der Waals surface area contributed by atoms with Crippen molar-refractivity contribution in [3.8, 4) is 17.1 Å². The number of carbonyl (C=O) groups excluding carboxylic acids is 1. The lowest BCUT2D eigenvalue weighted by atomic mass is 9.78. The number of hydrogen-bond acceptors (Lipinski definition) is 7. The molecule has 7 rings (SSSR count). The Kier molecular flexibility index (Phi) is 8.76. The largest absolute Gasteiger partial charge is 0.478 e. The number of halogens is 3. The van der Waals surface area contributed by atoms with Crippen molar-refractivity contribution in [1.82, 2.24) is 24.8 Å². The fraction of sp³-hybridized carbons (Fsp3) is 0.306. The molecule has 2 N–H and O–H groups in total. The predicted octanol–water partition coefficient (Wildman–Crippen LogP) is 6.75. The number of aromatic nitrogens is 4. The van der Waals surface area contributed by atoms with E-state index in [1.54, 1.807) is 24.3 Å². The fourth-order valence-electron chi connectivity index (χ4n) is 6.02. The molecule has 1 atom stereocenters. The number of hydrogen-bond donors (Lipinski definition) is 2. The number of nitrogens with zero attached hydrogens (tertiary/aromatic N) is 4. The monoisotopic (exact) mass is 687 g/mol. The van der Waals surface area contributed by atoms with Crippen LogP contribution in [0.15, 0.2) is 60.8 Å². The molecule has 5 aromatic rings. The van der Waals surface area contributed by atoms with Gasteiger partial charge in [-0.05, 0) is 80.6 Å². The summed E-state index contributed by atoms with van der Waals surface area (Å²) in [5.74, 6) is -2.08. The Morgan fingerprint density at radius 1 is 1.10 bits per heavy atom. The second kappa shape index (κ2) is 13.2. The molecule has 1 saturated heterocycles. The number of imidazole rings is 1. The molecule has 4 heterocycles. The molecule has 2 aromatic carbocycles. The van der Waals surface area contributed by atoms with Gasteiger partial charge in [0, 0.05) is 42.0 Å². The van der Waals surface area contributed by atoms with Crippen LogP contribution in [-0.4, -0.2) is 54.8 Å². The van der Waals surface area contributed by atoms with E-state index in [4.69, 9.17) is 21.1 Å². The third-order valence-electron chi connectivity index (χ3n) is 9.15. The van der Waals surface area contributed by atoms with E-state index in [2.05, 4.69) is 20.3 Å². The van der Waals surface area contributed by atoms with Crippen molar-refractivity contribution < 1.29 is 33.0 Å². The van der Waals surface area contributed by atoms with E-state index in [1.807, 2.05) is 11.5 Å². The highest BCUT2D eigenvalue weighted by molar-refractivity contribution is 6.31. The van der Waals surface area contributed by atoms with Gasteiger partial charge in [-0.2, -0.15) is 0 Å². The molecular formula is C36H32ClF2N5O5. The Morgan fingerprint density at radius 2 is 1.92 bits per heavy atom. The lowest BCUT2D eigenvalue weighted by Crippen LogP contribution is -2.51. The van der Waals surface area contributed by atoms with Crippen LogP contribution in [0.5, 0.6) is 5.88 Å². The third-order valence-corrected chi connectivity index (χ3v) is 9.50. The number of carboxylic acids is 1. The first-order valence-electron chi connectivity index (χ1n) is 15.9. The zero-order chi connectivity index (χ0) is 34.3. The van der Waals surface area contributed by atoms with Gasteiger partial charge in [-0.15, -0.1) is 0 Å². The van der Waals surface area contributed by atoms with Crippen molar-refractivity contribution >= 4 is 34.5 Å². The van der Waals surface area contributed by atoms with Crippen LogP contribution in [0.25, 0.3) is 22.3 Å². The standard InChI is InChI=1S/C36H32ClF2N5O5/c1-36(9-3-10-36)43-34(45)30-16-25(37)22(17-40-30)19-49-33-5-2-4-28(42-33)24-15-26(38)21(12-27(24)39)14-32-41-29-7-6-20(35(46)47)13-31(29)44(32)18-23-8-11-48-23/h2,4-7,12-13,15-17,23H,3,8-11,14,18-19H2,1H3,(H,43,45)(H,46,47)/t23-/m0/s1.